The van der Waals surface area contributed by atoms with Crippen molar-refractivity contribution in [2.75, 3.05) is 0 Å². The quantitative estimate of drug-likeness (QED) is 0.289. The van der Waals surface area contributed by atoms with Gasteiger partial charge in [0.1, 0.15) is 0 Å². The van der Waals surface area contributed by atoms with Crippen LogP contribution in [0.5, 0.6) is 0 Å². The molecule has 0 atom stereocenters. The summed E-state index contributed by atoms with van der Waals surface area (Å²) in [6, 6.07) is 0. The molecule has 0 bridgehead atoms. The highest BCUT2D eigenvalue weighted by molar-refractivity contribution is 5.23. The van der Waals surface area contributed by atoms with Crippen LogP contribution in [0.1, 0.15) is 0 Å². The minimum absolute atomic E-state index is 1.75. The van der Waals surface area contributed by atoms with Gasteiger partial charge in [-0.1, -0.05) is 171 Å². The lowest BCUT2D eigenvalue weighted by Crippen LogP contribution is -1.54. The fraction of sp³-hybridized carbons (Fsp3) is 0. The van der Waals surface area contributed by atoms with E-state index in [0.717, 1.165) is 0 Å². The lowest BCUT2D eigenvalue weighted by atomic mass is 10.3. The average molecular weight is 367 g/mol. The fourth-order valence-electron chi connectivity index (χ4n) is 1.57. The summed E-state index contributed by atoms with van der Waals surface area (Å²) in [6.07, 6.45) is 50.8. The van der Waals surface area contributed by atoms with Gasteiger partial charge in [-0.05, 0) is 0 Å². The molecule has 0 aromatic carbocycles. The third-order valence-corrected chi connectivity index (χ3v) is 2.83. The predicted molar refractivity (Wildman–Crippen MR) is 130 cm³/mol. The van der Waals surface area contributed by atoms with Crippen LogP contribution in [0.4, 0.5) is 0 Å². The Morgan fingerprint density at radius 2 is 0.286 bits per heavy atom. The first-order chi connectivity index (χ1) is 13.9. The van der Waals surface area contributed by atoms with E-state index in [-0.39, 0.29) is 0 Å². The van der Waals surface area contributed by atoms with E-state index in [4.69, 9.17) is 0 Å². The maximum atomic E-state index is 3.61. The van der Waals surface area contributed by atoms with Crippen molar-refractivity contribution >= 4 is 0 Å². The largest absolute Gasteiger partial charge is 0.0991 e. The molecule has 0 heteroatoms. The van der Waals surface area contributed by atoms with E-state index in [1.165, 1.54) is 0 Å². The molecule has 28 heavy (non-hydrogen) atoms. The first-order valence-electron chi connectivity index (χ1n) is 9.15. The van der Waals surface area contributed by atoms with E-state index in [1.54, 1.807) is 12.2 Å². The average Bonchev–Trinajstić information content (AvgIpc) is 2.71. The summed E-state index contributed by atoms with van der Waals surface area (Å²) in [5.41, 5.74) is 0. The van der Waals surface area contributed by atoms with Gasteiger partial charge in [0, 0.05) is 0 Å². The van der Waals surface area contributed by atoms with Gasteiger partial charge in [-0.25, -0.2) is 0 Å². The molecule has 0 N–H and O–H groups in total. The molecule has 0 aliphatic rings. The molecule has 0 fully saturated rings. The monoisotopic (exact) mass is 366 g/mol. The zero-order chi connectivity index (χ0) is 20.4. The van der Waals surface area contributed by atoms with Crippen molar-refractivity contribution in [2.45, 2.75) is 0 Å². The van der Waals surface area contributed by atoms with Crippen LogP contribution in [0, 0.1) is 0 Å². The Balaban J connectivity index is 3.95. The standard InChI is InChI=1S/C28H30/c1-3-5-7-9-11-13-15-17-19-21-23-25-27-28-26-24-22-20-18-16-14-12-10-8-6-4-2/h3-28H,1-2H2/b7-5+,8-6+,11-9+,12-10+,15-13+,16-14+,19-17+,20-18+,23-21+,24-22+,27-25+,28-26+. The van der Waals surface area contributed by atoms with Crippen molar-refractivity contribution in [2.24, 2.45) is 0 Å². The Bertz CT molecular complexity index is 680. The van der Waals surface area contributed by atoms with E-state index < -0.39 is 0 Å². The first kappa shape index (κ1) is 24.4. The molecule has 0 spiro atoms. The summed E-state index contributed by atoms with van der Waals surface area (Å²) >= 11 is 0. The van der Waals surface area contributed by atoms with E-state index in [2.05, 4.69) is 13.2 Å². The van der Waals surface area contributed by atoms with Gasteiger partial charge in [-0.3, -0.25) is 0 Å². The minimum Gasteiger partial charge on any atom is -0.0991 e. The SMILES string of the molecule is C=C/C=C/C=C/C=C/C=C/C=C/C=C/C=C/C=C/C=C/C=C/C=C/C=C/C=C. The summed E-state index contributed by atoms with van der Waals surface area (Å²) in [5.74, 6) is 0. The lowest BCUT2D eigenvalue weighted by Gasteiger charge is -1.76. The normalized spacial score (nSPS) is 14.4. The Morgan fingerprint density at radius 1 is 0.179 bits per heavy atom. The van der Waals surface area contributed by atoms with Gasteiger partial charge in [-0.2, -0.15) is 0 Å². The van der Waals surface area contributed by atoms with Gasteiger partial charge < -0.3 is 0 Å². The highest BCUT2D eigenvalue weighted by Gasteiger charge is 1.66. The summed E-state index contributed by atoms with van der Waals surface area (Å²) < 4.78 is 0. The van der Waals surface area contributed by atoms with E-state index in [9.17, 15) is 0 Å². The molecular weight excluding hydrogens is 336 g/mol. The number of allylic oxidation sites excluding steroid dienone is 26. The molecule has 0 rings (SSSR count). The predicted octanol–water partition coefficient (Wildman–Crippen LogP) is 8.03. The van der Waals surface area contributed by atoms with Crippen LogP contribution < -0.4 is 0 Å². The van der Waals surface area contributed by atoms with Crippen molar-refractivity contribution < 1.29 is 0 Å². The number of rotatable bonds is 13. The lowest BCUT2D eigenvalue weighted by molar-refractivity contribution is 1.82. The molecule has 0 heterocycles. The molecule has 142 valence electrons. The third kappa shape index (κ3) is 22.4. The maximum absolute atomic E-state index is 3.61. The van der Waals surface area contributed by atoms with Crippen LogP contribution in [-0.4, -0.2) is 0 Å². The van der Waals surface area contributed by atoms with Crippen molar-refractivity contribution in [3.05, 3.63) is 171 Å². The molecular formula is C28H30. The van der Waals surface area contributed by atoms with Crippen LogP contribution in [0.25, 0.3) is 0 Å². The van der Waals surface area contributed by atoms with Gasteiger partial charge in [0.15, 0.2) is 0 Å². The molecule has 0 aromatic rings. The Kier molecular flexibility index (Phi) is 20.3. The molecule has 0 saturated heterocycles. The highest BCUT2D eigenvalue weighted by atomic mass is 13.7. The molecule has 0 saturated carbocycles. The molecule has 0 aliphatic carbocycles. The third-order valence-electron chi connectivity index (χ3n) is 2.83. The first-order valence-corrected chi connectivity index (χ1v) is 9.15. The summed E-state index contributed by atoms with van der Waals surface area (Å²) in [4.78, 5) is 0. The Hall–Kier alpha value is -3.64. The Labute approximate surface area is 171 Å². The highest BCUT2D eigenvalue weighted by Crippen LogP contribution is 1.87. The second-order valence-corrected chi connectivity index (χ2v) is 5.09. The molecule has 0 unspecified atom stereocenters. The van der Waals surface area contributed by atoms with Crippen LogP contribution in [0.2, 0.25) is 0 Å². The Morgan fingerprint density at radius 3 is 0.393 bits per heavy atom. The molecule has 0 amide bonds. The smallest absolute Gasteiger partial charge is 0.0623 e. The van der Waals surface area contributed by atoms with Crippen LogP contribution >= 0.6 is 0 Å². The van der Waals surface area contributed by atoms with Gasteiger partial charge in [-0.15, -0.1) is 0 Å². The number of hydrogen-bond donors (Lipinski definition) is 0. The van der Waals surface area contributed by atoms with Crippen molar-refractivity contribution in [3.63, 3.8) is 0 Å². The van der Waals surface area contributed by atoms with Crippen LogP contribution in [-0.2, 0) is 0 Å². The summed E-state index contributed by atoms with van der Waals surface area (Å²) in [5, 5.41) is 0. The molecule has 0 aliphatic heterocycles. The van der Waals surface area contributed by atoms with Gasteiger partial charge in [0.2, 0.25) is 0 Å². The van der Waals surface area contributed by atoms with Crippen LogP contribution in [0.3, 0.4) is 0 Å². The maximum Gasteiger partial charge on any atom is -0.0623 e. The summed E-state index contributed by atoms with van der Waals surface area (Å²) in [6.45, 7) is 7.22. The van der Waals surface area contributed by atoms with Crippen molar-refractivity contribution in [3.8, 4) is 0 Å². The van der Waals surface area contributed by atoms with E-state index in [0.29, 0.717) is 0 Å². The summed E-state index contributed by atoms with van der Waals surface area (Å²) in [7, 11) is 0. The zero-order valence-corrected chi connectivity index (χ0v) is 16.4. The molecule has 0 nitrogen and oxygen atoms in total. The minimum atomic E-state index is 1.75. The van der Waals surface area contributed by atoms with Crippen molar-refractivity contribution in [1.82, 2.24) is 0 Å². The van der Waals surface area contributed by atoms with E-state index >= 15 is 0 Å². The van der Waals surface area contributed by atoms with E-state index in [1.807, 2.05) is 146 Å². The van der Waals surface area contributed by atoms with Gasteiger partial charge in [0.25, 0.3) is 0 Å². The van der Waals surface area contributed by atoms with Gasteiger partial charge >= 0.3 is 0 Å². The second-order valence-electron chi connectivity index (χ2n) is 5.09. The molecule has 0 radical (unpaired) electrons. The topological polar surface area (TPSA) is 0 Å². The number of hydrogen-bond acceptors (Lipinski definition) is 0. The van der Waals surface area contributed by atoms with Crippen molar-refractivity contribution in [1.29, 1.82) is 0 Å². The zero-order valence-electron chi connectivity index (χ0n) is 16.4. The second kappa shape index (κ2) is 23.4. The van der Waals surface area contributed by atoms with Crippen LogP contribution in [0.15, 0.2) is 171 Å². The fourth-order valence-corrected chi connectivity index (χ4v) is 1.57. The molecule has 0 aromatic heterocycles. The van der Waals surface area contributed by atoms with Gasteiger partial charge in [0.05, 0.1) is 0 Å².